The molecule has 1 rings (SSSR count). The predicted octanol–water partition coefficient (Wildman–Crippen LogP) is 1.14. The zero-order valence-corrected chi connectivity index (χ0v) is 8.80. The minimum absolute atomic E-state index is 0. The average molecular weight is 201 g/mol. The summed E-state index contributed by atoms with van der Waals surface area (Å²) in [4.78, 5) is 2.47. The van der Waals surface area contributed by atoms with Gasteiger partial charge in [-0.25, -0.2) is 0 Å². The van der Waals surface area contributed by atoms with Crippen molar-refractivity contribution in [2.75, 3.05) is 26.7 Å². The molecule has 70 valence electrons. The highest BCUT2D eigenvalue weighted by Crippen LogP contribution is 2.06. The number of nitrogens with one attached hydrogen (secondary N) is 1. The molecule has 0 aromatic carbocycles. The van der Waals surface area contributed by atoms with Gasteiger partial charge in [0, 0.05) is 12.6 Å². The van der Waals surface area contributed by atoms with Crippen molar-refractivity contribution in [1.82, 2.24) is 10.2 Å². The molecule has 0 spiro atoms. The van der Waals surface area contributed by atoms with Crippen molar-refractivity contribution in [1.29, 1.82) is 0 Å². The zero-order valence-electron chi connectivity index (χ0n) is 7.17. The summed E-state index contributed by atoms with van der Waals surface area (Å²) in [7, 11) is 2.05. The van der Waals surface area contributed by atoms with Crippen molar-refractivity contribution in [3.8, 4) is 0 Å². The van der Waals surface area contributed by atoms with Gasteiger partial charge in [0.25, 0.3) is 0 Å². The van der Waals surface area contributed by atoms with E-state index < -0.39 is 0 Å². The molecule has 2 nitrogen and oxygen atoms in total. The van der Waals surface area contributed by atoms with Crippen LogP contribution >= 0.6 is 24.8 Å². The van der Waals surface area contributed by atoms with Crippen LogP contribution in [0, 0.1) is 0 Å². The molecule has 0 amide bonds. The lowest BCUT2D eigenvalue weighted by atomic mass is 10.3. The number of hydrogen-bond donors (Lipinski definition) is 1. The second kappa shape index (κ2) is 7.17. The fourth-order valence-electron chi connectivity index (χ4n) is 1.36. The van der Waals surface area contributed by atoms with Crippen LogP contribution in [0.1, 0.15) is 13.3 Å². The Labute approximate surface area is 81.5 Å². The molecule has 1 heterocycles. The van der Waals surface area contributed by atoms with Gasteiger partial charge in [-0.2, -0.15) is 0 Å². The number of hydrogen-bond acceptors (Lipinski definition) is 2. The smallest absolute Gasteiger partial charge is 0.0204 e. The average Bonchev–Trinajstić information content (AvgIpc) is 2.34. The number of nitrogens with zero attached hydrogens (tertiary/aromatic N) is 1. The van der Waals surface area contributed by atoms with Crippen LogP contribution in [-0.2, 0) is 0 Å². The number of halogens is 2. The van der Waals surface area contributed by atoms with Gasteiger partial charge in [0.05, 0.1) is 0 Å². The lowest BCUT2D eigenvalue weighted by Gasteiger charge is -2.11. The summed E-state index contributed by atoms with van der Waals surface area (Å²) in [6, 6.07) is 0.755. The lowest BCUT2D eigenvalue weighted by Crippen LogP contribution is -2.29. The summed E-state index contributed by atoms with van der Waals surface area (Å²) >= 11 is 0. The Morgan fingerprint density at radius 2 is 2.09 bits per heavy atom. The molecular weight excluding hydrogens is 183 g/mol. The molecular formula is C7H18Cl2N2. The Kier molecular flexibility index (Phi) is 9.15. The summed E-state index contributed by atoms with van der Waals surface area (Å²) in [5, 5.41) is 3.29. The molecule has 0 bridgehead atoms. The summed E-state index contributed by atoms with van der Waals surface area (Å²) in [6.07, 6.45) is 1.32. The molecule has 4 heteroatoms. The maximum absolute atomic E-state index is 3.29. The van der Waals surface area contributed by atoms with E-state index in [2.05, 4.69) is 17.1 Å². The Bertz CT molecular complexity index is 80.5. The Hall–Kier alpha value is 0.500. The summed E-state index contributed by atoms with van der Waals surface area (Å²) in [5.74, 6) is 0. The first kappa shape index (κ1) is 14.0. The number of likely N-dealkylation sites (N-methyl/N-ethyl adjacent to an activating group) is 2. The van der Waals surface area contributed by atoms with Gasteiger partial charge in [0.15, 0.2) is 0 Å². The van der Waals surface area contributed by atoms with Crippen LogP contribution in [-0.4, -0.2) is 37.6 Å². The monoisotopic (exact) mass is 200 g/mol. The number of likely N-dealkylation sites (tertiary alicyclic amines) is 1. The first-order chi connectivity index (χ1) is 4.36. The summed E-state index contributed by atoms with van der Waals surface area (Å²) in [5.41, 5.74) is 0. The quantitative estimate of drug-likeness (QED) is 0.720. The summed E-state index contributed by atoms with van der Waals surface area (Å²) in [6.45, 7) is 5.95. The largest absolute Gasteiger partial charge is 0.316 e. The Morgan fingerprint density at radius 3 is 2.36 bits per heavy atom. The van der Waals surface area contributed by atoms with E-state index in [1.54, 1.807) is 0 Å². The van der Waals surface area contributed by atoms with Gasteiger partial charge in [0.1, 0.15) is 0 Å². The van der Waals surface area contributed by atoms with E-state index >= 15 is 0 Å². The van der Waals surface area contributed by atoms with Crippen LogP contribution in [0.25, 0.3) is 0 Å². The van der Waals surface area contributed by atoms with Gasteiger partial charge in [-0.15, -0.1) is 24.8 Å². The van der Waals surface area contributed by atoms with Gasteiger partial charge in [0.2, 0.25) is 0 Å². The molecule has 0 aliphatic carbocycles. The van der Waals surface area contributed by atoms with E-state index in [0.717, 1.165) is 6.04 Å². The Balaban J connectivity index is 0. The Morgan fingerprint density at radius 1 is 1.45 bits per heavy atom. The van der Waals surface area contributed by atoms with Crippen LogP contribution in [0.4, 0.5) is 0 Å². The van der Waals surface area contributed by atoms with Crippen molar-refractivity contribution in [2.45, 2.75) is 19.4 Å². The third-order valence-electron chi connectivity index (χ3n) is 2.13. The topological polar surface area (TPSA) is 15.3 Å². The molecule has 1 unspecified atom stereocenters. The lowest BCUT2D eigenvalue weighted by molar-refractivity contribution is 0.348. The third kappa shape index (κ3) is 4.16. The molecule has 0 radical (unpaired) electrons. The maximum Gasteiger partial charge on any atom is 0.0204 e. The molecule has 1 atom stereocenters. The standard InChI is InChI=1S/C7H16N2.2ClH/c1-3-9-5-4-7(6-9)8-2;;/h7-8H,3-6H2,1-2H3;2*1H. The highest BCUT2D eigenvalue weighted by molar-refractivity contribution is 5.85. The highest BCUT2D eigenvalue weighted by atomic mass is 35.5. The molecule has 1 saturated heterocycles. The van der Waals surface area contributed by atoms with Gasteiger partial charge >= 0.3 is 0 Å². The van der Waals surface area contributed by atoms with Crippen molar-refractivity contribution < 1.29 is 0 Å². The number of rotatable bonds is 2. The SMILES string of the molecule is CCN1CCC(NC)C1.Cl.Cl. The fourth-order valence-corrected chi connectivity index (χ4v) is 1.36. The van der Waals surface area contributed by atoms with Crippen molar-refractivity contribution in [3.05, 3.63) is 0 Å². The second-order valence-corrected chi connectivity index (χ2v) is 2.67. The first-order valence-corrected chi connectivity index (χ1v) is 3.76. The van der Waals surface area contributed by atoms with Crippen LogP contribution in [0.3, 0.4) is 0 Å². The van der Waals surface area contributed by atoms with Gasteiger partial charge in [-0.1, -0.05) is 6.92 Å². The molecule has 0 aromatic heterocycles. The van der Waals surface area contributed by atoms with Crippen molar-refractivity contribution >= 4 is 24.8 Å². The van der Waals surface area contributed by atoms with Crippen LogP contribution in [0.2, 0.25) is 0 Å². The molecule has 1 aliphatic heterocycles. The van der Waals surface area contributed by atoms with E-state index in [1.165, 1.54) is 26.1 Å². The fraction of sp³-hybridized carbons (Fsp3) is 1.00. The minimum atomic E-state index is 0. The van der Waals surface area contributed by atoms with Crippen molar-refractivity contribution in [3.63, 3.8) is 0 Å². The van der Waals surface area contributed by atoms with E-state index in [1.807, 2.05) is 7.05 Å². The van der Waals surface area contributed by atoms with Crippen LogP contribution in [0.5, 0.6) is 0 Å². The van der Waals surface area contributed by atoms with E-state index in [-0.39, 0.29) is 24.8 Å². The molecule has 0 saturated carbocycles. The molecule has 1 N–H and O–H groups in total. The molecule has 0 aromatic rings. The third-order valence-corrected chi connectivity index (χ3v) is 2.13. The van der Waals surface area contributed by atoms with Crippen LogP contribution in [0.15, 0.2) is 0 Å². The molecule has 11 heavy (non-hydrogen) atoms. The summed E-state index contributed by atoms with van der Waals surface area (Å²) < 4.78 is 0. The van der Waals surface area contributed by atoms with E-state index in [4.69, 9.17) is 0 Å². The predicted molar refractivity (Wildman–Crippen MR) is 54.1 cm³/mol. The maximum atomic E-state index is 3.29. The van der Waals surface area contributed by atoms with Gasteiger partial charge in [-0.05, 0) is 26.6 Å². The van der Waals surface area contributed by atoms with Gasteiger partial charge in [-0.3, -0.25) is 0 Å². The van der Waals surface area contributed by atoms with Gasteiger partial charge < -0.3 is 10.2 Å². The van der Waals surface area contributed by atoms with E-state index in [9.17, 15) is 0 Å². The normalized spacial score (nSPS) is 24.0. The molecule has 1 fully saturated rings. The molecule has 1 aliphatic rings. The first-order valence-electron chi connectivity index (χ1n) is 3.76. The zero-order chi connectivity index (χ0) is 6.69. The highest BCUT2D eigenvalue weighted by Gasteiger charge is 2.18. The second-order valence-electron chi connectivity index (χ2n) is 2.67. The minimum Gasteiger partial charge on any atom is -0.316 e. The van der Waals surface area contributed by atoms with Crippen LogP contribution < -0.4 is 5.32 Å². The van der Waals surface area contributed by atoms with Crippen molar-refractivity contribution in [2.24, 2.45) is 0 Å². The van der Waals surface area contributed by atoms with E-state index in [0.29, 0.717) is 0 Å².